The lowest BCUT2D eigenvalue weighted by molar-refractivity contribution is 0.280. The molecule has 1 N–H and O–H groups in total. The van der Waals surface area contributed by atoms with Crippen molar-refractivity contribution in [1.29, 1.82) is 0 Å². The van der Waals surface area contributed by atoms with Gasteiger partial charge in [0.1, 0.15) is 11.6 Å². The normalized spacial score (nSPS) is 10.7. The number of aliphatic hydroxyl groups excluding tert-OH is 1. The second-order valence-corrected chi connectivity index (χ2v) is 5.77. The largest absolute Gasteiger partial charge is 0.438 e. The molecule has 0 bridgehead atoms. The van der Waals surface area contributed by atoms with Crippen molar-refractivity contribution in [2.45, 2.75) is 26.4 Å². The Morgan fingerprint density at radius 1 is 1.33 bits per heavy atom. The van der Waals surface area contributed by atoms with Crippen LogP contribution in [0.4, 0.5) is 4.39 Å². The Kier molecular flexibility index (Phi) is 5.56. The molecule has 0 fully saturated rings. The Morgan fingerprint density at radius 3 is 2.76 bits per heavy atom. The Bertz CT molecular complexity index is 652. The fourth-order valence-corrected chi connectivity index (χ4v) is 2.56. The van der Waals surface area contributed by atoms with Crippen molar-refractivity contribution in [2.75, 3.05) is 0 Å². The van der Waals surface area contributed by atoms with Crippen LogP contribution < -0.4 is 4.74 Å². The van der Waals surface area contributed by atoms with E-state index >= 15 is 0 Å². The van der Waals surface area contributed by atoms with E-state index < -0.39 is 5.82 Å². The number of aliphatic hydroxyl groups is 1. The highest BCUT2D eigenvalue weighted by Gasteiger charge is 2.11. The van der Waals surface area contributed by atoms with Gasteiger partial charge in [0.25, 0.3) is 0 Å². The van der Waals surface area contributed by atoms with Crippen molar-refractivity contribution < 1.29 is 14.2 Å². The quantitative estimate of drug-likeness (QED) is 0.759. The molecule has 2 aromatic rings. The molecule has 0 aliphatic rings. The number of hydrogen-bond acceptors (Lipinski definition) is 3. The van der Waals surface area contributed by atoms with Crippen molar-refractivity contribution in [1.82, 2.24) is 4.98 Å². The summed E-state index contributed by atoms with van der Waals surface area (Å²) < 4.78 is 19.7. The van der Waals surface area contributed by atoms with Crippen molar-refractivity contribution in [2.24, 2.45) is 0 Å². The van der Waals surface area contributed by atoms with E-state index in [2.05, 4.69) is 20.9 Å². The van der Waals surface area contributed by atoms with Crippen LogP contribution in [0.15, 0.2) is 28.7 Å². The zero-order valence-electron chi connectivity index (χ0n) is 11.4. The van der Waals surface area contributed by atoms with E-state index in [0.29, 0.717) is 15.9 Å². The number of pyridine rings is 1. The maximum Gasteiger partial charge on any atom is 0.219 e. The highest BCUT2D eigenvalue weighted by molar-refractivity contribution is 9.10. The third-order valence-corrected chi connectivity index (χ3v) is 3.70. The van der Waals surface area contributed by atoms with E-state index in [0.717, 1.165) is 18.5 Å². The molecule has 0 saturated carbocycles. The molecule has 1 aromatic carbocycles. The summed E-state index contributed by atoms with van der Waals surface area (Å²) in [5.41, 5.74) is 1.53. The maximum atomic E-state index is 13.5. The summed E-state index contributed by atoms with van der Waals surface area (Å²) in [4.78, 5) is 4.35. The molecule has 1 aromatic heterocycles. The number of rotatable bonds is 5. The number of halogens is 3. The molecule has 0 unspecified atom stereocenters. The molecule has 0 amide bonds. The molecule has 0 saturated heterocycles. The number of hydrogen-bond donors (Lipinski definition) is 1. The SMILES string of the molecule is CCCc1cc(CO)cc(Oc2cc(F)c(Cl)cc2Br)n1. The van der Waals surface area contributed by atoms with E-state index in [-0.39, 0.29) is 17.4 Å². The molecule has 2 rings (SSSR count). The van der Waals surface area contributed by atoms with E-state index in [1.807, 2.05) is 13.0 Å². The van der Waals surface area contributed by atoms with Crippen LogP contribution >= 0.6 is 27.5 Å². The third-order valence-electron chi connectivity index (χ3n) is 2.79. The van der Waals surface area contributed by atoms with Crippen molar-refractivity contribution in [3.05, 3.63) is 50.8 Å². The first-order valence-electron chi connectivity index (χ1n) is 6.46. The van der Waals surface area contributed by atoms with Gasteiger partial charge in [-0.25, -0.2) is 9.37 Å². The second kappa shape index (κ2) is 7.20. The zero-order valence-corrected chi connectivity index (χ0v) is 13.7. The summed E-state index contributed by atoms with van der Waals surface area (Å²) in [6, 6.07) is 6.07. The standard InChI is InChI=1S/C15H14BrClFNO2/c1-2-3-10-4-9(8-20)5-15(19-10)21-14-7-13(18)12(17)6-11(14)16/h4-7,20H,2-3,8H2,1H3. The average Bonchev–Trinajstić information content (AvgIpc) is 2.45. The lowest BCUT2D eigenvalue weighted by Crippen LogP contribution is -1.97. The Balaban J connectivity index is 2.34. The first-order valence-corrected chi connectivity index (χ1v) is 7.63. The predicted octanol–water partition coefficient (Wildman–Crippen LogP) is 4.87. The smallest absolute Gasteiger partial charge is 0.219 e. The van der Waals surface area contributed by atoms with E-state index in [1.54, 1.807) is 6.07 Å². The van der Waals surface area contributed by atoms with Crippen LogP contribution in [-0.4, -0.2) is 10.1 Å². The highest BCUT2D eigenvalue weighted by atomic mass is 79.9. The molecule has 1 heterocycles. The van der Waals surface area contributed by atoms with Gasteiger partial charge in [0.2, 0.25) is 5.88 Å². The molecule has 0 aliphatic carbocycles. The van der Waals surface area contributed by atoms with Crippen LogP contribution in [0.1, 0.15) is 24.6 Å². The number of nitrogens with zero attached hydrogens (tertiary/aromatic N) is 1. The summed E-state index contributed by atoms with van der Waals surface area (Å²) in [5, 5.41) is 9.30. The molecule has 3 nitrogen and oxygen atoms in total. The minimum absolute atomic E-state index is 0.0120. The Morgan fingerprint density at radius 2 is 2.10 bits per heavy atom. The lowest BCUT2D eigenvalue weighted by atomic mass is 10.2. The summed E-state index contributed by atoms with van der Waals surface area (Å²) in [7, 11) is 0. The topological polar surface area (TPSA) is 42.4 Å². The average molecular weight is 375 g/mol. The van der Waals surface area contributed by atoms with Crippen LogP contribution in [0.5, 0.6) is 11.6 Å². The summed E-state index contributed by atoms with van der Waals surface area (Å²) in [6.45, 7) is 1.94. The van der Waals surface area contributed by atoms with E-state index in [1.165, 1.54) is 12.1 Å². The monoisotopic (exact) mass is 373 g/mol. The van der Waals surface area contributed by atoms with Crippen LogP contribution in [-0.2, 0) is 13.0 Å². The van der Waals surface area contributed by atoms with E-state index in [4.69, 9.17) is 16.3 Å². The summed E-state index contributed by atoms with van der Waals surface area (Å²) >= 11 is 8.96. The Hall–Kier alpha value is -1.17. The van der Waals surface area contributed by atoms with Crippen LogP contribution in [0.25, 0.3) is 0 Å². The van der Waals surface area contributed by atoms with Gasteiger partial charge in [-0.2, -0.15) is 0 Å². The number of aryl methyl sites for hydroxylation is 1. The fourth-order valence-electron chi connectivity index (χ4n) is 1.84. The number of aromatic nitrogens is 1. The highest BCUT2D eigenvalue weighted by Crippen LogP contribution is 2.33. The molecule has 0 spiro atoms. The molecule has 112 valence electrons. The maximum absolute atomic E-state index is 13.5. The fraction of sp³-hybridized carbons (Fsp3) is 0.267. The number of ether oxygens (including phenoxy) is 1. The van der Waals surface area contributed by atoms with Crippen LogP contribution in [0, 0.1) is 5.82 Å². The first-order chi connectivity index (χ1) is 10.0. The molecular formula is C15H14BrClFNO2. The molecular weight excluding hydrogens is 361 g/mol. The van der Waals surface area contributed by atoms with Crippen LogP contribution in [0.3, 0.4) is 0 Å². The molecule has 0 radical (unpaired) electrons. The van der Waals surface area contributed by atoms with Gasteiger partial charge in [0, 0.05) is 17.8 Å². The zero-order chi connectivity index (χ0) is 15.4. The van der Waals surface area contributed by atoms with Gasteiger partial charge in [0.15, 0.2) is 0 Å². The number of benzene rings is 1. The van der Waals surface area contributed by atoms with Crippen molar-refractivity contribution >= 4 is 27.5 Å². The van der Waals surface area contributed by atoms with Gasteiger partial charge >= 0.3 is 0 Å². The van der Waals surface area contributed by atoms with E-state index in [9.17, 15) is 9.50 Å². The molecule has 0 aliphatic heterocycles. The Labute approximate surface area is 135 Å². The van der Waals surface area contributed by atoms with Crippen molar-refractivity contribution in [3.63, 3.8) is 0 Å². The summed E-state index contributed by atoms with van der Waals surface area (Å²) in [5.74, 6) is 0.0244. The van der Waals surface area contributed by atoms with Gasteiger partial charge in [-0.15, -0.1) is 0 Å². The minimum Gasteiger partial charge on any atom is -0.438 e. The van der Waals surface area contributed by atoms with Crippen LogP contribution in [0.2, 0.25) is 5.02 Å². The third kappa shape index (κ3) is 4.15. The summed E-state index contributed by atoms with van der Waals surface area (Å²) in [6.07, 6.45) is 1.71. The van der Waals surface area contributed by atoms with Crippen molar-refractivity contribution in [3.8, 4) is 11.6 Å². The second-order valence-electron chi connectivity index (χ2n) is 4.51. The predicted molar refractivity (Wildman–Crippen MR) is 83.3 cm³/mol. The molecule has 0 atom stereocenters. The van der Waals surface area contributed by atoms with Gasteiger partial charge in [-0.3, -0.25) is 0 Å². The van der Waals surface area contributed by atoms with Gasteiger partial charge in [-0.05, 0) is 40.0 Å². The van der Waals surface area contributed by atoms with Gasteiger partial charge in [-0.1, -0.05) is 24.9 Å². The lowest BCUT2D eigenvalue weighted by Gasteiger charge is -2.10. The first kappa shape index (κ1) is 16.2. The minimum atomic E-state index is -0.568. The van der Waals surface area contributed by atoms with Gasteiger partial charge in [0.05, 0.1) is 16.1 Å². The van der Waals surface area contributed by atoms with Gasteiger partial charge < -0.3 is 9.84 Å². The molecule has 21 heavy (non-hydrogen) atoms. The molecule has 6 heteroatoms.